The Balaban J connectivity index is 1.52. The van der Waals surface area contributed by atoms with E-state index in [1.54, 1.807) is 17.6 Å². The van der Waals surface area contributed by atoms with E-state index in [4.69, 9.17) is 0 Å². The van der Waals surface area contributed by atoms with Crippen LogP contribution in [0.15, 0.2) is 83.8 Å². The molecule has 4 aromatic carbocycles. The summed E-state index contributed by atoms with van der Waals surface area (Å²) in [7, 11) is 0. The van der Waals surface area contributed by atoms with E-state index in [-0.39, 0.29) is 0 Å². The molecule has 0 saturated carbocycles. The number of benzene rings is 4. The van der Waals surface area contributed by atoms with Crippen LogP contribution in [0.2, 0.25) is 0 Å². The van der Waals surface area contributed by atoms with Gasteiger partial charge in [-0.1, -0.05) is 75.6 Å². The Hall–Kier alpha value is -2.59. The Bertz CT molecular complexity index is 1480. The highest BCUT2D eigenvalue weighted by Crippen LogP contribution is 2.40. The van der Waals surface area contributed by atoms with Crippen molar-refractivity contribution in [1.29, 1.82) is 0 Å². The highest BCUT2D eigenvalue weighted by molar-refractivity contribution is 7.90. The lowest BCUT2D eigenvalue weighted by Gasteiger charge is -2.12. The molecule has 0 fully saturated rings. The van der Waals surface area contributed by atoms with Crippen LogP contribution >= 0.6 is 11.3 Å². The van der Waals surface area contributed by atoms with Gasteiger partial charge in [0.25, 0.3) is 0 Å². The van der Waals surface area contributed by atoms with E-state index in [2.05, 4.69) is 86.6 Å². The summed E-state index contributed by atoms with van der Waals surface area (Å²) in [6.07, 6.45) is 9.14. The summed E-state index contributed by atoms with van der Waals surface area (Å²) in [5.74, 6) is 0. The largest absolute Gasteiger partial charge is 0.612 e. The molecule has 3 heteroatoms. The number of thiophene rings is 1. The van der Waals surface area contributed by atoms with Crippen molar-refractivity contribution in [2.24, 2.45) is 0 Å². The van der Waals surface area contributed by atoms with Crippen LogP contribution in [-0.4, -0.2) is 10.8 Å². The number of fused-ring (bicyclic) bond motifs is 2. The van der Waals surface area contributed by atoms with E-state index < -0.39 is 11.2 Å². The van der Waals surface area contributed by atoms with Crippen LogP contribution in [0.25, 0.3) is 42.4 Å². The predicted molar refractivity (Wildman–Crippen MR) is 160 cm³/mol. The molecular formula is C33H34OS2. The number of hydrogen-bond donors (Lipinski definition) is 0. The molecule has 0 spiro atoms. The maximum atomic E-state index is 12.7. The van der Waals surface area contributed by atoms with E-state index in [9.17, 15) is 4.55 Å². The lowest BCUT2D eigenvalue weighted by Crippen LogP contribution is -1.99. The highest BCUT2D eigenvalue weighted by atomic mass is 32.2. The molecule has 0 bridgehead atoms. The van der Waals surface area contributed by atoms with Gasteiger partial charge in [0.1, 0.15) is 6.26 Å². The molecule has 184 valence electrons. The first-order chi connectivity index (χ1) is 17.6. The Kier molecular flexibility index (Phi) is 7.81. The van der Waals surface area contributed by atoms with Crippen molar-refractivity contribution >= 4 is 43.4 Å². The molecule has 36 heavy (non-hydrogen) atoms. The molecule has 1 heterocycles. The van der Waals surface area contributed by atoms with Gasteiger partial charge < -0.3 is 4.55 Å². The Morgan fingerprint density at radius 3 is 2.22 bits per heavy atom. The van der Waals surface area contributed by atoms with Gasteiger partial charge in [0.15, 0.2) is 4.90 Å². The smallest absolute Gasteiger partial charge is 0.161 e. The van der Waals surface area contributed by atoms with Gasteiger partial charge in [-0.15, -0.1) is 11.3 Å². The molecule has 0 saturated heterocycles. The maximum absolute atomic E-state index is 12.7. The molecule has 0 aliphatic rings. The van der Waals surface area contributed by atoms with E-state index in [0.717, 1.165) is 28.9 Å². The van der Waals surface area contributed by atoms with Gasteiger partial charge in [-0.3, -0.25) is 0 Å². The highest BCUT2D eigenvalue weighted by Gasteiger charge is 2.17. The van der Waals surface area contributed by atoms with Crippen molar-refractivity contribution in [1.82, 2.24) is 0 Å². The summed E-state index contributed by atoms with van der Waals surface area (Å²) in [4.78, 5) is 2.08. The minimum Gasteiger partial charge on any atom is -0.612 e. The fraction of sp³-hybridized carbons (Fsp3) is 0.273. The van der Waals surface area contributed by atoms with Crippen molar-refractivity contribution in [3.63, 3.8) is 0 Å². The fourth-order valence-corrected chi connectivity index (χ4v) is 6.89. The van der Waals surface area contributed by atoms with Crippen molar-refractivity contribution in [2.45, 2.75) is 57.3 Å². The van der Waals surface area contributed by atoms with E-state index >= 15 is 0 Å². The third-order valence-electron chi connectivity index (χ3n) is 7.11. The summed E-state index contributed by atoms with van der Waals surface area (Å²) in [5, 5.41) is 3.86. The zero-order chi connectivity index (χ0) is 25.1. The zero-order valence-electron chi connectivity index (χ0n) is 21.5. The summed E-state index contributed by atoms with van der Waals surface area (Å²) in [5.41, 5.74) is 6.21. The lowest BCUT2D eigenvalue weighted by molar-refractivity contribution is 0.601. The van der Waals surface area contributed by atoms with E-state index in [1.165, 1.54) is 68.1 Å². The predicted octanol–water partition coefficient (Wildman–Crippen LogP) is 9.81. The van der Waals surface area contributed by atoms with Crippen LogP contribution in [0.1, 0.15) is 50.7 Å². The van der Waals surface area contributed by atoms with Gasteiger partial charge in [-0.2, -0.15) is 0 Å². The first-order valence-corrected chi connectivity index (χ1v) is 15.5. The molecule has 0 aliphatic heterocycles. The van der Waals surface area contributed by atoms with E-state index in [1.807, 2.05) is 6.07 Å². The second-order valence-corrected chi connectivity index (χ2v) is 12.1. The molecule has 0 N–H and O–H groups in total. The van der Waals surface area contributed by atoms with Crippen molar-refractivity contribution in [2.75, 3.05) is 6.26 Å². The van der Waals surface area contributed by atoms with Crippen molar-refractivity contribution < 1.29 is 4.55 Å². The maximum Gasteiger partial charge on any atom is 0.161 e. The van der Waals surface area contributed by atoms with Crippen LogP contribution < -0.4 is 0 Å². The minimum atomic E-state index is -1.06. The van der Waals surface area contributed by atoms with Gasteiger partial charge in [-0.25, -0.2) is 0 Å². The summed E-state index contributed by atoms with van der Waals surface area (Å²) < 4.78 is 13.9. The third kappa shape index (κ3) is 5.39. The monoisotopic (exact) mass is 510 g/mol. The van der Waals surface area contributed by atoms with Crippen LogP contribution in [-0.2, 0) is 24.0 Å². The Morgan fingerprint density at radius 2 is 1.47 bits per heavy atom. The zero-order valence-corrected chi connectivity index (χ0v) is 23.1. The molecule has 5 aromatic rings. The minimum absolute atomic E-state index is 0.898. The number of aryl methyl sites for hydroxylation is 2. The average molecular weight is 511 g/mol. The quantitative estimate of drug-likeness (QED) is 0.143. The Morgan fingerprint density at radius 1 is 0.694 bits per heavy atom. The molecule has 0 amide bonds. The first-order valence-electron chi connectivity index (χ1n) is 13.1. The molecule has 1 unspecified atom stereocenters. The van der Waals surface area contributed by atoms with Crippen LogP contribution in [0.3, 0.4) is 0 Å². The van der Waals surface area contributed by atoms with Crippen LogP contribution in [0.5, 0.6) is 0 Å². The summed E-state index contributed by atoms with van der Waals surface area (Å²) in [6, 6.07) is 29.0. The number of unbranched alkanes of at least 4 members (excludes halogenated alkanes) is 3. The van der Waals surface area contributed by atoms with Gasteiger partial charge in [0.2, 0.25) is 0 Å². The topological polar surface area (TPSA) is 23.1 Å². The fourth-order valence-electron chi connectivity index (χ4n) is 4.96. The standard InChI is InChI=1S/C33H34OS2/c1-4-6-7-8-9-24-12-15-27-21-31-29(19-28(27)18-24)22-32(35-31)30-20-26(16-17-33(30)36(3)34)25-13-10-23(5-2)11-14-25/h10-22H,4-9H2,1-3H3. The van der Waals surface area contributed by atoms with Gasteiger partial charge in [0, 0.05) is 15.1 Å². The van der Waals surface area contributed by atoms with Gasteiger partial charge in [0.05, 0.1) is 0 Å². The second kappa shape index (κ2) is 11.2. The molecule has 1 nitrogen and oxygen atoms in total. The summed E-state index contributed by atoms with van der Waals surface area (Å²) >= 11 is 0.738. The number of hydrogen-bond acceptors (Lipinski definition) is 2. The van der Waals surface area contributed by atoms with Gasteiger partial charge in [-0.05, 0) is 105 Å². The van der Waals surface area contributed by atoms with Crippen LogP contribution in [0.4, 0.5) is 0 Å². The second-order valence-electron chi connectivity index (χ2n) is 9.71. The molecule has 0 aliphatic carbocycles. The van der Waals surface area contributed by atoms with Crippen molar-refractivity contribution in [3.8, 4) is 21.6 Å². The third-order valence-corrected chi connectivity index (χ3v) is 9.22. The van der Waals surface area contributed by atoms with Crippen LogP contribution in [0, 0.1) is 0 Å². The molecule has 1 aromatic heterocycles. The Labute approximate surface area is 222 Å². The normalized spacial score (nSPS) is 12.4. The SMILES string of the molecule is CCCCCCc1ccc2cc3sc(-c4cc(-c5ccc(CC)cc5)ccc4[S+](C)[O-])cc3cc2c1. The summed E-state index contributed by atoms with van der Waals surface area (Å²) in [6.45, 7) is 4.44. The molecule has 5 rings (SSSR count). The number of rotatable bonds is 9. The van der Waals surface area contributed by atoms with E-state index in [0.29, 0.717) is 0 Å². The average Bonchev–Trinajstić information content (AvgIpc) is 3.32. The molecule has 0 radical (unpaired) electrons. The molecular weight excluding hydrogens is 476 g/mol. The van der Waals surface area contributed by atoms with Gasteiger partial charge >= 0.3 is 0 Å². The first kappa shape index (κ1) is 25.1. The van der Waals surface area contributed by atoms with Crippen molar-refractivity contribution in [3.05, 3.63) is 90.0 Å². The lowest BCUT2D eigenvalue weighted by atomic mass is 10.00. The molecule has 1 atom stereocenters.